The molecule has 0 aliphatic rings. The first kappa shape index (κ1) is 24.0. The van der Waals surface area contributed by atoms with E-state index >= 15 is 0 Å². The summed E-state index contributed by atoms with van der Waals surface area (Å²) in [6.45, 7) is 2.03. The molecule has 7 nitrogen and oxygen atoms in total. The summed E-state index contributed by atoms with van der Waals surface area (Å²) in [7, 11) is -2.32. The van der Waals surface area contributed by atoms with Gasteiger partial charge < -0.3 is 10.1 Å². The first-order valence-corrected chi connectivity index (χ1v) is 11.9. The van der Waals surface area contributed by atoms with Crippen LogP contribution in [0, 0.1) is 6.92 Å². The van der Waals surface area contributed by atoms with Crippen molar-refractivity contribution >= 4 is 27.6 Å². The Morgan fingerprint density at radius 1 is 0.909 bits per heavy atom. The van der Waals surface area contributed by atoms with Gasteiger partial charge in [-0.1, -0.05) is 42.5 Å². The van der Waals surface area contributed by atoms with E-state index in [-0.39, 0.29) is 10.5 Å². The van der Waals surface area contributed by atoms with Crippen LogP contribution in [0.5, 0.6) is 0 Å². The number of amides is 1. The van der Waals surface area contributed by atoms with E-state index in [1.54, 1.807) is 30.3 Å². The van der Waals surface area contributed by atoms with Crippen molar-refractivity contribution in [2.75, 3.05) is 24.5 Å². The molecule has 3 aromatic rings. The predicted octanol–water partition coefficient (Wildman–Crippen LogP) is 3.34. The number of rotatable bonds is 9. The second-order valence-electron chi connectivity index (χ2n) is 7.44. The maximum atomic E-state index is 12.8. The molecule has 3 rings (SSSR count). The third-order valence-corrected chi connectivity index (χ3v) is 6.98. The molecule has 0 radical (unpaired) electrons. The van der Waals surface area contributed by atoms with E-state index in [0.717, 1.165) is 11.1 Å². The Morgan fingerprint density at radius 3 is 2.21 bits per heavy atom. The number of hydrogen-bond acceptors (Lipinski definition) is 5. The Kier molecular flexibility index (Phi) is 7.84. The number of benzene rings is 3. The van der Waals surface area contributed by atoms with Gasteiger partial charge >= 0.3 is 5.97 Å². The molecular formula is C25H26N2O5S. The van der Waals surface area contributed by atoms with Gasteiger partial charge in [-0.05, 0) is 60.9 Å². The van der Waals surface area contributed by atoms with Gasteiger partial charge in [-0.2, -0.15) is 0 Å². The molecule has 0 unspecified atom stereocenters. The Morgan fingerprint density at radius 2 is 1.55 bits per heavy atom. The zero-order valence-electron chi connectivity index (χ0n) is 18.5. The Balaban J connectivity index is 1.51. The fraction of sp³-hybridized carbons (Fsp3) is 0.200. The van der Waals surface area contributed by atoms with Crippen molar-refractivity contribution in [2.45, 2.75) is 18.2 Å². The summed E-state index contributed by atoms with van der Waals surface area (Å²) in [5, 5.41) is 2.72. The monoisotopic (exact) mass is 466 g/mol. The minimum Gasteiger partial charge on any atom is -0.452 e. The molecule has 172 valence electrons. The number of nitrogens with one attached hydrogen (secondary N) is 1. The molecule has 0 spiro atoms. The molecule has 0 aromatic heterocycles. The molecule has 0 aliphatic carbocycles. The lowest BCUT2D eigenvalue weighted by Gasteiger charge is -2.19. The molecule has 0 atom stereocenters. The van der Waals surface area contributed by atoms with Crippen LogP contribution in [-0.2, 0) is 26.0 Å². The van der Waals surface area contributed by atoms with Crippen LogP contribution in [0.25, 0.3) is 0 Å². The van der Waals surface area contributed by atoms with Gasteiger partial charge in [0, 0.05) is 13.6 Å². The minimum atomic E-state index is -3.78. The van der Waals surface area contributed by atoms with Crippen molar-refractivity contribution in [3.63, 3.8) is 0 Å². The van der Waals surface area contributed by atoms with Crippen molar-refractivity contribution < 1.29 is 22.7 Å². The standard InChI is InChI=1S/C25H26N2O5S/c1-19-8-6-7-9-20(19)16-17-26-24(28)18-32-25(29)21-12-14-23(15-13-21)33(30,31)27(2)22-10-4-3-5-11-22/h3-15H,16-18H2,1-2H3,(H,26,28). The Bertz CT molecular complexity index is 1210. The van der Waals surface area contributed by atoms with Gasteiger partial charge in [0.05, 0.1) is 16.1 Å². The largest absolute Gasteiger partial charge is 0.452 e. The first-order valence-electron chi connectivity index (χ1n) is 10.4. The van der Waals surface area contributed by atoms with Crippen LogP contribution in [0.4, 0.5) is 5.69 Å². The molecule has 33 heavy (non-hydrogen) atoms. The van der Waals surface area contributed by atoms with Crippen molar-refractivity contribution in [2.24, 2.45) is 0 Å². The normalized spacial score (nSPS) is 11.0. The lowest BCUT2D eigenvalue weighted by Crippen LogP contribution is -2.30. The Hall–Kier alpha value is -3.65. The van der Waals surface area contributed by atoms with Crippen molar-refractivity contribution in [3.05, 3.63) is 95.6 Å². The van der Waals surface area contributed by atoms with Crippen LogP contribution in [0.1, 0.15) is 21.5 Å². The minimum absolute atomic E-state index is 0.0411. The number of esters is 1. The lowest BCUT2D eigenvalue weighted by atomic mass is 10.1. The van der Waals surface area contributed by atoms with Crippen LogP contribution in [-0.4, -0.2) is 40.5 Å². The molecule has 0 heterocycles. The second kappa shape index (κ2) is 10.8. The molecule has 8 heteroatoms. The third kappa shape index (κ3) is 6.20. The quantitative estimate of drug-likeness (QED) is 0.489. The summed E-state index contributed by atoms with van der Waals surface area (Å²) in [6, 6.07) is 22.0. The van der Waals surface area contributed by atoms with E-state index in [2.05, 4.69) is 5.32 Å². The zero-order chi connectivity index (χ0) is 23.8. The summed E-state index contributed by atoms with van der Waals surface area (Å²) in [5.41, 5.74) is 2.97. The van der Waals surface area contributed by atoms with Gasteiger partial charge in [0.25, 0.3) is 15.9 Å². The highest BCUT2D eigenvalue weighted by Gasteiger charge is 2.21. The molecule has 3 aromatic carbocycles. The predicted molar refractivity (Wildman–Crippen MR) is 127 cm³/mol. The number of sulfonamides is 1. The van der Waals surface area contributed by atoms with Gasteiger partial charge in [-0.3, -0.25) is 9.10 Å². The highest BCUT2D eigenvalue weighted by molar-refractivity contribution is 7.92. The van der Waals surface area contributed by atoms with Crippen molar-refractivity contribution in [3.8, 4) is 0 Å². The third-order valence-electron chi connectivity index (χ3n) is 5.18. The lowest BCUT2D eigenvalue weighted by molar-refractivity contribution is -0.124. The second-order valence-corrected chi connectivity index (χ2v) is 9.40. The summed E-state index contributed by atoms with van der Waals surface area (Å²) in [6.07, 6.45) is 0.680. The maximum absolute atomic E-state index is 12.8. The van der Waals surface area contributed by atoms with Crippen molar-refractivity contribution in [1.29, 1.82) is 0 Å². The number of para-hydroxylation sites is 1. The van der Waals surface area contributed by atoms with E-state index < -0.39 is 28.5 Å². The average Bonchev–Trinajstić information content (AvgIpc) is 2.84. The summed E-state index contributed by atoms with van der Waals surface area (Å²) in [4.78, 5) is 24.3. The number of carbonyl (C=O) groups excluding carboxylic acids is 2. The molecule has 0 aliphatic heterocycles. The van der Waals surface area contributed by atoms with Crippen LogP contribution in [0.2, 0.25) is 0 Å². The zero-order valence-corrected chi connectivity index (χ0v) is 19.3. The van der Waals surface area contributed by atoms with Gasteiger partial charge in [0.15, 0.2) is 6.61 Å². The highest BCUT2D eigenvalue weighted by Crippen LogP contribution is 2.22. The number of anilines is 1. The van der Waals surface area contributed by atoms with Gasteiger partial charge in [0.2, 0.25) is 0 Å². The molecule has 0 saturated carbocycles. The number of nitrogens with zero attached hydrogens (tertiary/aromatic N) is 1. The smallest absolute Gasteiger partial charge is 0.338 e. The van der Waals surface area contributed by atoms with Crippen LogP contribution in [0.3, 0.4) is 0 Å². The first-order chi connectivity index (χ1) is 15.8. The molecule has 0 saturated heterocycles. The van der Waals surface area contributed by atoms with E-state index in [0.29, 0.717) is 18.7 Å². The fourth-order valence-corrected chi connectivity index (χ4v) is 4.39. The van der Waals surface area contributed by atoms with Gasteiger partial charge in [-0.25, -0.2) is 13.2 Å². The highest BCUT2D eigenvalue weighted by atomic mass is 32.2. The van der Waals surface area contributed by atoms with E-state index in [4.69, 9.17) is 4.74 Å². The number of ether oxygens (including phenoxy) is 1. The SMILES string of the molecule is Cc1ccccc1CCNC(=O)COC(=O)c1ccc(S(=O)(=O)N(C)c2ccccc2)cc1. The molecule has 1 N–H and O–H groups in total. The summed E-state index contributed by atoms with van der Waals surface area (Å²) in [5.74, 6) is -1.11. The van der Waals surface area contributed by atoms with E-state index in [1.807, 2.05) is 31.2 Å². The van der Waals surface area contributed by atoms with Crippen LogP contribution < -0.4 is 9.62 Å². The summed E-state index contributed by atoms with van der Waals surface area (Å²) >= 11 is 0. The average molecular weight is 467 g/mol. The Labute approximate surface area is 194 Å². The van der Waals surface area contributed by atoms with Gasteiger partial charge in [-0.15, -0.1) is 0 Å². The van der Waals surface area contributed by atoms with Crippen molar-refractivity contribution in [1.82, 2.24) is 5.32 Å². The maximum Gasteiger partial charge on any atom is 0.338 e. The van der Waals surface area contributed by atoms with E-state index in [9.17, 15) is 18.0 Å². The molecule has 0 bridgehead atoms. The molecule has 1 amide bonds. The number of carbonyl (C=O) groups is 2. The number of aryl methyl sites for hydroxylation is 1. The molecule has 0 fully saturated rings. The van der Waals surface area contributed by atoms with Gasteiger partial charge in [0.1, 0.15) is 0 Å². The number of hydrogen-bond donors (Lipinski definition) is 1. The van der Waals surface area contributed by atoms with E-state index in [1.165, 1.54) is 35.6 Å². The topological polar surface area (TPSA) is 92.8 Å². The molecular weight excluding hydrogens is 440 g/mol. The fourth-order valence-electron chi connectivity index (χ4n) is 3.19. The summed E-state index contributed by atoms with van der Waals surface area (Å²) < 4.78 is 31.8. The van der Waals surface area contributed by atoms with Crippen LogP contribution >= 0.6 is 0 Å². The van der Waals surface area contributed by atoms with Crippen LogP contribution in [0.15, 0.2) is 83.8 Å².